The summed E-state index contributed by atoms with van der Waals surface area (Å²) in [6, 6.07) is 4.11. The zero-order valence-corrected chi connectivity index (χ0v) is 12.3. The molecule has 0 saturated carbocycles. The maximum absolute atomic E-state index is 12.8. The van der Waals surface area contributed by atoms with Gasteiger partial charge in [-0.3, -0.25) is 4.90 Å². The van der Waals surface area contributed by atoms with Crippen molar-refractivity contribution in [3.05, 3.63) is 29.3 Å². The van der Waals surface area contributed by atoms with E-state index in [2.05, 4.69) is 16.8 Å². The highest BCUT2D eigenvalue weighted by Crippen LogP contribution is 2.36. The number of nitrogens with zero attached hydrogens (tertiary/aromatic N) is 2. The molecule has 0 spiro atoms. The molecule has 2 rings (SSSR count). The molecule has 0 unspecified atom stereocenters. The van der Waals surface area contributed by atoms with Crippen molar-refractivity contribution in [3.63, 3.8) is 0 Å². The van der Waals surface area contributed by atoms with Gasteiger partial charge in [0.15, 0.2) is 0 Å². The largest absolute Gasteiger partial charge is 0.507 e. The molecule has 0 amide bonds. The lowest BCUT2D eigenvalue weighted by atomic mass is 10.0. The van der Waals surface area contributed by atoms with E-state index in [0.717, 1.165) is 38.1 Å². The van der Waals surface area contributed by atoms with Crippen LogP contribution in [0.3, 0.4) is 0 Å². The van der Waals surface area contributed by atoms with E-state index in [1.165, 1.54) is 0 Å². The molecule has 6 heteroatoms. The van der Waals surface area contributed by atoms with Crippen molar-refractivity contribution in [1.82, 2.24) is 9.80 Å². The van der Waals surface area contributed by atoms with Crippen LogP contribution in [-0.4, -0.2) is 48.1 Å². The molecule has 1 fully saturated rings. The lowest BCUT2D eigenvalue weighted by Crippen LogP contribution is -2.41. The highest BCUT2D eigenvalue weighted by atomic mass is 19.4. The standard InChI is InChI=1S/C15H21F3N2O/c1-19-7-5-12(6-8-19)20(2)10-11-3-4-14(21)13(9-11)15(16,17)18/h3-4,9,12,21H,5-8,10H2,1-2H3. The van der Waals surface area contributed by atoms with Crippen LogP contribution in [0.2, 0.25) is 0 Å². The van der Waals surface area contributed by atoms with E-state index in [1.807, 2.05) is 7.05 Å². The van der Waals surface area contributed by atoms with E-state index in [9.17, 15) is 18.3 Å². The number of halogens is 3. The first-order valence-corrected chi connectivity index (χ1v) is 7.05. The maximum atomic E-state index is 12.8. The van der Waals surface area contributed by atoms with E-state index in [1.54, 1.807) is 6.07 Å². The minimum Gasteiger partial charge on any atom is -0.507 e. The van der Waals surface area contributed by atoms with Gasteiger partial charge in [-0.25, -0.2) is 0 Å². The Hall–Kier alpha value is -1.27. The van der Waals surface area contributed by atoms with Crippen LogP contribution in [0.25, 0.3) is 0 Å². The van der Waals surface area contributed by atoms with Gasteiger partial charge in [-0.2, -0.15) is 13.2 Å². The van der Waals surface area contributed by atoms with E-state index in [4.69, 9.17) is 0 Å². The SMILES string of the molecule is CN1CCC(N(C)Cc2ccc(O)c(C(F)(F)F)c2)CC1. The molecule has 0 atom stereocenters. The van der Waals surface area contributed by atoms with Gasteiger partial charge in [0.05, 0.1) is 5.56 Å². The molecule has 1 heterocycles. The molecular weight excluding hydrogens is 281 g/mol. The number of aromatic hydroxyl groups is 1. The van der Waals surface area contributed by atoms with Gasteiger partial charge in [-0.15, -0.1) is 0 Å². The van der Waals surface area contributed by atoms with Crippen LogP contribution < -0.4 is 0 Å². The first-order valence-electron chi connectivity index (χ1n) is 7.05. The van der Waals surface area contributed by atoms with Crippen LogP contribution >= 0.6 is 0 Å². The lowest BCUT2D eigenvalue weighted by Gasteiger charge is -2.35. The van der Waals surface area contributed by atoms with E-state index < -0.39 is 17.5 Å². The summed E-state index contributed by atoms with van der Waals surface area (Å²) >= 11 is 0. The summed E-state index contributed by atoms with van der Waals surface area (Å²) in [5.41, 5.74) is -0.390. The number of likely N-dealkylation sites (tertiary alicyclic amines) is 1. The van der Waals surface area contributed by atoms with Gasteiger partial charge < -0.3 is 10.0 Å². The van der Waals surface area contributed by atoms with Crippen LogP contribution in [0.1, 0.15) is 24.0 Å². The zero-order chi connectivity index (χ0) is 15.6. The van der Waals surface area contributed by atoms with Gasteiger partial charge >= 0.3 is 6.18 Å². The predicted molar refractivity (Wildman–Crippen MR) is 75.1 cm³/mol. The Kier molecular flexibility index (Phi) is 4.78. The number of piperidine rings is 1. The Morgan fingerprint density at radius 1 is 1.29 bits per heavy atom. The molecule has 0 radical (unpaired) electrons. The highest BCUT2D eigenvalue weighted by molar-refractivity contribution is 5.38. The van der Waals surface area contributed by atoms with Gasteiger partial charge in [-0.05, 0) is 57.7 Å². The first-order chi connectivity index (χ1) is 9.77. The monoisotopic (exact) mass is 302 g/mol. The normalized spacial score (nSPS) is 18.4. The Bertz CT molecular complexity index is 482. The average molecular weight is 302 g/mol. The summed E-state index contributed by atoms with van der Waals surface area (Å²) in [5.74, 6) is -0.715. The van der Waals surface area contributed by atoms with Crippen LogP contribution in [0.4, 0.5) is 13.2 Å². The second-order valence-corrected chi connectivity index (χ2v) is 5.80. The smallest absolute Gasteiger partial charge is 0.419 e. The summed E-state index contributed by atoms with van der Waals surface area (Å²) in [4.78, 5) is 4.35. The molecule has 21 heavy (non-hydrogen) atoms. The Morgan fingerprint density at radius 3 is 2.48 bits per heavy atom. The van der Waals surface area contributed by atoms with Crippen molar-refractivity contribution in [2.24, 2.45) is 0 Å². The van der Waals surface area contributed by atoms with Crippen molar-refractivity contribution in [3.8, 4) is 5.75 Å². The highest BCUT2D eigenvalue weighted by Gasteiger charge is 2.34. The Balaban J connectivity index is 2.06. The third-order valence-electron chi connectivity index (χ3n) is 4.11. The van der Waals surface area contributed by atoms with Gasteiger partial charge in [0, 0.05) is 12.6 Å². The van der Waals surface area contributed by atoms with Crippen LogP contribution in [0.5, 0.6) is 5.75 Å². The number of phenols is 1. The van der Waals surface area contributed by atoms with E-state index in [-0.39, 0.29) is 0 Å². The minimum absolute atomic E-state index is 0.393. The number of rotatable bonds is 3. The van der Waals surface area contributed by atoms with Crippen LogP contribution in [-0.2, 0) is 12.7 Å². The molecule has 0 aromatic heterocycles. The molecule has 1 aliphatic heterocycles. The molecule has 1 saturated heterocycles. The lowest BCUT2D eigenvalue weighted by molar-refractivity contribution is -0.138. The fourth-order valence-corrected chi connectivity index (χ4v) is 2.76. The third-order valence-corrected chi connectivity index (χ3v) is 4.11. The van der Waals surface area contributed by atoms with E-state index in [0.29, 0.717) is 18.2 Å². The molecule has 1 aliphatic rings. The van der Waals surface area contributed by atoms with Gasteiger partial charge in [0.25, 0.3) is 0 Å². The molecule has 118 valence electrons. The fourth-order valence-electron chi connectivity index (χ4n) is 2.76. The molecular formula is C15H21F3N2O. The maximum Gasteiger partial charge on any atom is 0.419 e. The van der Waals surface area contributed by atoms with Crippen molar-refractivity contribution in [1.29, 1.82) is 0 Å². The average Bonchev–Trinajstić information content (AvgIpc) is 2.40. The molecule has 0 bridgehead atoms. The predicted octanol–water partition coefficient (Wildman–Crippen LogP) is 2.94. The number of alkyl halides is 3. The minimum atomic E-state index is -4.52. The van der Waals surface area contributed by atoms with Gasteiger partial charge in [0.2, 0.25) is 0 Å². The summed E-state index contributed by atoms with van der Waals surface area (Å²) in [7, 11) is 4.02. The van der Waals surface area contributed by atoms with Crippen molar-refractivity contribution < 1.29 is 18.3 Å². The van der Waals surface area contributed by atoms with Gasteiger partial charge in [-0.1, -0.05) is 6.07 Å². The molecule has 3 nitrogen and oxygen atoms in total. The Morgan fingerprint density at radius 2 is 1.90 bits per heavy atom. The Labute approximate surface area is 123 Å². The van der Waals surface area contributed by atoms with Crippen LogP contribution in [0.15, 0.2) is 18.2 Å². The van der Waals surface area contributed by atoms with Crippen LogP contribution in [0, 0.1) is 0 Å². The van der Waals surface area contributed by atoms with Gasteiger partial charge in [0.1, 0.15) is 5.75 Å². The molecule has 1 aromatic rings. The summed E-state index contributed by atoms with van der Waals surface area (Å²) in [6.07, 6.45) is -2.47. The zero-order valence-electron chi connectivity index (χ0n) is 12.3. The second-order valence-electron chi connectivity index (χ2n) is 5.80. The van der Waals surface area contributed by atoms with Crippen molar-refractivity contribution in [2.45, 2.75) is 31.6 Å². The molecule has 1 N–H and O–H groups in total. The fraction of sp³-hybridized carbons (Fsp3) is 0.600. The van der Waals surface area contributed by atoms with Crippen molar-refractivity contribution in [2.75, 3.05) is 27.2 Å². The quantitative estimate of drug-likeness (QED) is 0.930. The third kappa shape index (κ3) is 4.11. The number of benzene rings is 1. The number of phenolic OH excluding ortho intramolecular Hbond substituents is 1. The summed E-state index contributed by atoms with van der Waals surface area (Å²) < 4.78 is 38.4. The first kappa shape index (κ1) is 16.1. The summed E-state index contributed by atoms with van der Waals surface area (Å²) in [6.45, 7) is 2.48. The molecule has 1 aromatic carbocycles. The van der Waals surface area contributed by atoms with E-state index >= 15 is 0 Å². The summed E-state index contributed by atoms with van der Waals surface area (Å²) in [5, 5.41) is 9.34. The molecule has 0 aliphatic carbocycles. The second kappa shape index (κ2) is 6.23. The number of hydrogen-bond acceptors (Lipinski definition) is 3. The topological polar surface area (TPSA) is 26.7 Å². The van der Waals surface area contributed by atoms with Crippen molar-refractivity contribution >= 4 is 0 Å². The number of hydrogen-bond donors (Lipinski definition) is 1.